The molecule has 0 spiro atoms. The van der Waals surface area contributed by atoms with Crippen LogP contribution in [0.25, 0.3) is 5.52 Å². The second-order valence-electron chi connectivity index (χ2n) is 5.19. The normalized spacial score (nSPS) is 11.7. The van der Waals surface area contributed by atoms with Gasteiger partial charge in [0.1, 0.15) is 16.2 Å². The van der Waals surface area contributed by atoms with Crippen molar-refractivity contribution in [2.75, 3.05) is 4.72 Å². The smallest absolute Gasteiger partial charge is 0.288 e. The third kappa shape index (κ3) is 2.85. The highest BCUT2D eigenvalue weighted by Gasteiger charge is 2.18. The third-order valence-corrected chi connectivity index (χ3v) is 4.94. The maximum absolute atomic E-state index is 12.5. The number of rotatable bonds is 4. The molecule has 0 fully saturated rings. The standard InChI is InChI=1S/C15H16N4O3S/c1-3-11-5-4-6-12(7-11)18-23(21,22)13-8-14-15(20)17-16-10(2)19(14)9-13/h4-9,18H,3H2,1-2H3,(H,17,20). The summed E-state index contributed by atoms with van der Waals surface area (Å²) in [7, 11) is -3.79. The maximum Gasteiger partial charge on any atom is 0.288 e. The van der Waals surface area contributed by atoms with Crippen LogP contribution in [0.2, 0.25) is 0 Å². The van der Waals surface area contributed by atoms with Gasteiger partial charge in [-0.1, -0.05) is 19.1 Å². The van der Waals surface area contributed by atoms with Gasteiger partial charge < -0.3 is 0 Å². The van der Waals surface area contributed by atoms with Crippen molar-refractivity contribution >= 4 is 21.2 Å². The van der Waals surface area contributed by atoms with Crippen LogP contribution in [0.1, 0.15) is 18.3 Å². The molecule has 7 nitrogen and oxygen atoms in total. The fraction of sp³-hybridized carbons (Fsp3) is 0.200. The van der Waals surface area contributed by atoms with Crippen LogP contribution < -0.4 is 10.3 Å². The Hall–Kier alpha value is -2.61. The Morgan fingerprint density at radius 3 is 2.78 bits per heavy atom. The molecule has 2 aromatic heterocycles. The second-order valence-corrected chi connectivity index (χ2v) is 6.87. The minimum atomic E-state index is -3.79. The summed E-state index contributed by atoms with van der Waals surface area (Å²) in [4.78, 5) is 11.8. The molecule has 2 N–H and O–H groups in total. The van der Waals surface area contributed by atoms with Crippen LogP contribution in [0.3, 0.4) is 0 Å². The lowest BCUT2D eigenvalue weighted by Crippen LogP contribution is -2.12. The van der Waals surface area contributed by atoms with E-state index in [0.29, 0.717) is 11.5 Å². The number of fused-ring (bicyclic) bond motifs is 1. The van der Waals surface area contributed by atoms with Gasteiger partial charge in [-0.05, 0) is 37.1 Å². The molecule has 0 aliphatic carbocycles. The van der Waals surface area contributed by atoms with Crippen LogP contribution >= 0.6 is 0 Å². The van der Waals surface area contributed by atoms with Gasteiger partial charge in [0.2, 0.25) is 0 Å². The predicted octanol–water partition coefficient (Wildman–Crippen LogP) is 1.69. The Morgan fingerprint density at radius 1 is 1.30 bits per heavy atom. The fourth-order valence-electron chi connectivity index (χ4n) is 2.34. The number of nitrogens with one attached hydrogen (secondary N) is 2. The van der Waals surface area contributed by atoms with Gasteiger partial charge in [-0.3, -0.25) is 13.9 Å². The first-order chi connectivity index (χ1) is 10.9. The van der Waals surface area contributed by atoms with Gasteiger partial charge in [-0.2, -0.15) is 5.10 Å². The van der Waals surface area contributed by atoms with Crippen molar-refractivity contribution in [3.8, 4) is 0 Å². The molecule has 120 valence electrons. The largest absolute Gasteiger partial charge is 0.298 e. The molecule has 1 aromatic carbocycles. The number of aryl methyl sites for hydroxylation is 2. The zero-order valence-electron chi connectivity index (χ0n) is 12.7. The van der Waals surface area contributed by atoms with Gasteiger partial charge in [0.25, 0.3) is 15.6 Å². The van der Waals surface area contributed by atoms with Crippen molar-refractivity contribution in [3.05, 3.63) is 58.3 Å². The number of hydrogen-bond acceptors (Lipinski definition) is 4. The molecule has 0 saturated carbocycles. The van der Waals surface area contributed by atoms with E-state index in [1.54, 1.807) is 25.1 Å². The SMILES string of the molecule is CCc1cccc(NS(=O)(=O)c2cc3c(=O)[nH]nc(C)n3c2)c1. The van der Waals surface area contributed by atoms with E-state index >= 15 is 0 Å². The van der Waals surface area contributed by atoms with E-state index in [9.17, 15) is 13.2 Å². The number of sulfonamides is 1. The van der Waals surface area contributed by atoms with E-state index in [-0.39, 0.29) is 10.4 Å². The van der Waals surface area contributed by atoms with E-state index in [2.05, 4.69) is 14.9 Å². The second kappa shape index (κ2) is 5.54. The number of hydrogen-bond donors (Lipinski definition) is 2. The molecular weight excluding hydrogens is 316 g/mol. The Kier molecular flexibility index (Phi) is 3.69. The van der Waals surface area contributed by atoms with E-state index in [4.69, 9.17) is 0 Å². The summed E-state index contributed by atoms with van der Waals surface area (Å²) in [5.41, 5.74) is 1.32. The van der Waals surface area contributed by atoms with E-state index in [0.717, 1.165) is 12.0 Å². The molecular formula is C15H16N4O3S. The van der Waals surface area contributed by atoms with Crippen molar-refractivity contribution in [3.63, 3.8) is 0 Å². The summed E-state index contributed by atoms with van der Waals surface area (Å²) >= 11 is 0. The number of aromatic amines is 1. The molecule has 0 atom stereocenters. The molecule has 3 rings (SSSR count). The molecule has 0 aliphatic rings. The van der Waals surface area contributed by atoms with Gasteiger partial charge in [-0.15, -0.1) is 0 Å². The molecule has 8 heteroatoms. The van der Waals surface area contributed by atoms with Crippen molar-refractivity contribution < 1.29 is 8.42 Å². The average molecular weight is 332 g/mol. The minimum Gasteiger partial charge on any atom is -0.298 e. The van der Waals surface area contributed by atoms with Crippen LogP contribution in [-0.4, -0.2) is 23.0 Å². The summed E-state index contributed by atoms with van der Waals surface area (Å²) in [5, 5.41) is 6.15. The monoisotopic (exact) mass is 332 g/mol. The highest BCUT2D eigenvalue weighted by Crippen LogP contribution is 2.19. The summed E-state index contributed by atoms with van der Waals surface area (Å²) in [5.74, 6) is 0.494. The molecule has 3 aromatic rings. The van der Waals surface area contributed by atoms with E-state index in [1.165, 1.54) is 16.7 Å². The van der Waals surface area contributed by atoms with Crippen LogP contribution in [0.4, 0.5) is 5.69 Å². The lowest BCUT2D eigenvalue weighted by Gasteiger charge is -2.07. The Labute approximate surface area is 133 Å². The first-order valence-corrected chi connectivity index (χ1v) is 8.58. The highest BCUT2D eigenvalue weighted by atomic mass is 32.2. The Balaban J connectivity index is 2.04. The zero-order valence-corrected chi connectivity index (χ0v) is 13.5. The van der Waals surface area contributed by atoms with E-state index in [1.807, 2.05) is 13.0 Å². The van der Waals surface area contributed by atoms with Gasteiger partial charge >= 0.3 is 0 Å². The first-order valence-electron chi connectivity index (χ1n) is 7.10. The first kappa shape index (κ1) is 15.3. The molecule has 0 saturated heterocycles. The number of aromatic nitrogens is 3. The molecule has 0 bridgehead atoms. The lowest BCUT2D eigenvalue weighted by molar-refractivity contribution is 0.601. The molecule has 2 heterocycles. The average Bonchev–Trinajstić information content (AvgIpc) is 2.98. The maximum atomic E-state index is 12.5. The number of H-pyrrole nitrogens is 1. The van der Waals surface area contributed by atoms with Crippen molar-refractivity contribution in [1.29, 1.82) is 0 Å². The van der Waals surface area contributed by atoms with Gasteiger partial charge in [0.15, 0.2) is 0 Å². The molecule has 0 aliphatic heterocycles. The fourth-order valence-corrected chi connectivity index (χ4v) is 3.41. The van der Waals surface area contributed by atoms with Crippen LogP contribution in [0.5, 0.6) is 0 Å². The van der Waals surface area contributed by atoms with Crippen LogP contribution in [0, 0.1) is 6.92 Å². The molecule has 0 amide bonds. The number of anilines is 1. The number of nitrogens with zero attached hydrogens (tertiary/aromatic N) is 2. The topological polar surface area (TPSA) is 96.3 Å². The predicted molar refractivity (Wildman–Crippen MR) is 87.2 cm³/mol. The molecule has 0 radical (unpaired) electrons. The van der Waals surface area contributed by atoms with Crippen LogP contribution in [-0.2, 0) is 16.4 Å². The Morgan fingerprint density at radius 2 is 2.09 bits per heavy atom. The summed E-state index contributed by atoms with van der Waals surface area (Å²) in [6.07, 6.45) is 2.20. The van der Waals surface area contributed by atoms with Crippen LogP contribution in [0.15, 0.2) is 46.2 Å². The van der Waals surface area contributed by atoms with Gasteiger partial charge in [-0.25, -0.2) is 13.5 Å². The molecule has 0 unspecified atom stereocenters. The van der Waals surface area contributed by atoms with Gasteiger partial charge in [0, 0.05) is 11.9 Å². The Bertz CT molecular complexity index is 1030. The van der Waals surface area contributed by atoms with Crippen molar-refractivity contribution in [2.45, 2.75) is 25.2 Å². The molecule has 23 heavy (non-hydrogen) atoms. The number of benzene rings is 1. The summed E-state index contributed by atoms with van der Waals surface area (Å²) in [6, 6.07) is 8.53. The van der Waals surface area contributed by atoms with Crippen molar-refractivity contribution in [2.24, 2.45) is 0 Å². The highest BCUT2D eigenvalue weighted by molar-refractivity contribution is 7.92. The minimum absolute atomic E-state index is 0.0148. The van der Waals surface area contributed by atoms with Gasteiger partial charge in [0.05, 0.1) is 0 Å². The lowest BCUT2D eigenvalue weighted by atomic mass is 10.1. The third-order valence-electron chi connectivity index (χ3n) is 3.59. The van der Waals surface area contributed by atoms with Crippen molar-refractivity contribution in [1.82, 2.24) is 14.6 Å². The summed E-state index contributed by atoms with van der Waals surface area (Å²) in [6.45, 7) is 3.67. The summed E-state index contributed by atoms with van der Waals surface area (Å²) < 4.78 is 29.1. The quantitative estimate of drug-likeness (QED) is 0.760. The zero-order chi connectivity index (χ0) is 16.6. The van der Waals surface area contributed by atoms with E-state index < -0.39 is 15.6 Å².